The van der Waals surface area contributed by atoms with Crippen LogP contribution in [0, 0.1) is 0 Å². The average Bonchev–Trinajstić information content (AvgIpc) is 2.38. The largest absolute Gasteiger partial charge is 0.391 e. The summed E-state index contributed by atoms with van der Waals surface area (Å²) >= 11 is 0. The molecule has 10 nitrogen and oxygen atoms in total. The summed E-state index contributed by atoms with van der Waals surface area (Å²) in [5, 5.41) is 27.3. The van der Waals surface area contributed by atoms with E-state index in [1.165, 1.54) is 0 Å². The second kappa shape index (κ2) is 8.86. The molecule has 20 heavy (non-hydrogen) atoms. The van der Waals surface area contributed by atoms with Crippen molar-refractivity contribution in [3.8, 4) is 0 Å². The molecule has 0 aliphatic carbocycles. The number of carbonyl (C=O) groups excluding carboxylic acids is 3. The zero-order valence-corrected chi connectivity index (χ0v) is 11.1. The highest BCUT2D eigenvalue weighted by molar-refractivity contribution is 5.78. The minimum Gasteiger partial charge on any atom is -0.391 e. The predicted molar refractivity (Wildman–Crippen MR) is 67.3 cm³/mol. The molecule has 4 unspecified atom stereocenters. The maximum absolute atomic E-state index is 11.1. The van der Waals surface area contributed by atoms with E-state index in [1.54, 1.807) is 0 Å². The lowest BCUT2D eigenvalue weighted by Gasteiger charge is -2.30. The Balaban J connectivity index is 5.06. The molecule has 0 aromatic heterocycles. The van der Waals surface area contributed by atoms with Crippen LogP contribution in [0.15, 0.2) is 5.11 Å². The van der Waals surface area contributed by atoms with Gasteiger partial charge in [-0.1, -0.05) is 5.11 Å². The van der Waals surface area contributed by atoms with Crippen LogP contribution in [0.1, 0.15) is 13.8 Å². The number of hydrogen-bond acceptors (Lipinski definition) is 6. The minimum atomic E-state index is -1.58. The topological polar surface area (TPSA) is 164 Å². The van der Waals surface area contributed by atoms with Gasteiger partial charge in [0.1, 0.15) is 18.4 Å². The van der Waals surface area contributed by atoms with Gasteiger partial charge in [-0.2, -0.15) is 0 Å². The van der Waals surface area contributed by atoms with Crippen LogP contribution in [0.2, 0.25) is 0 Å². The number of nitrogens with zero attached hydrogens (tertiary/aromatic N) is 3. The van der Waals surface area contributed by atoms with Gasteiger partial charge in [0.05, 0.1) is 18.7 Å². The Bertz CT molecular complexity index is 409. The number of amides is 2. The van der Waals surface area contributed by atoms with Gasteiger partial charge in [-0.3, -0.25) is 9.59 Å². The number of azide groups is 1. The first-order chi connectivity index (χ1) is 9.33. The Kier molecular flexibility index (Phi) is 7.90. The molecule has 10 heteroatoms. The van der Waals surface area contributed by atoms with Crippen LogP contribution in [0.4, 0.5) is 0 Å². The Labute approximate surface area is 114 Å². The highest BCUT2D eigenvalue weighted by atomic mass is 16.3. The van der Waals surface area contributed by atoms with Gasteiger partial charge in [-0.15, -0.1) is 0 Å². The van der Waals surface area contributed by atoms with Crippen molar-refractivity contribution in [2.75, 3.05) is 6.54 Å². The molecule has 0 saturated heterocycles. The maximum Gasteiger partial charge on any atom is 0.217 e. The van der Waals surface area contributed by atoms with E-state index in [4.69, 9.17) is 5.53 Å². The first-order valence-electron chi connectivity index (χ1n) is 5.70. The first-order valence-corrected chi connectivity index (χ1v) is 5.70. The molecular formula is C10H17N5O5. The Morgan fingerprint density at radius 2 is 1.85 bits per heavy atom. The van der Waals surface area contributed by atoms with E-state index in [-0.39, 0.29) is 6.29 Å². The lowest BCUT2D eigenvalue weighted by atomic mass is 9.98. The van der Waals surface area contributed by atoms with Crippen LogP contribution in [0.25, 0.3) is 10.4 Å². The molecule has 0 rings (SSSR count). The molecule has 0 heterocycles. The van der Waals surface area contributed by atoms with Gasteiger partial charge in [-0.05, 0) is 5.53 Å². The third-order valence-corrected chi connectivity index (χ3v) is 2.37. The standard InChI is InChI=1S/C10H17N5O5/c1-5(17)13-7(4-16)10(20)9(14-6(2)18)8(19)3-12-15-11/h4,7-10,19-20H,3H2,1-2H3,(H,13,17)(H,14,18). The molecule has 0 saturated carbocycles. The number of rotatable bonds is 8. The highest BCUT2D eigenvalue weighted by Gasteiger charge is 2.33. The molecule has 0 aliphatic heterocycles. The van der Waals surface area contributed by atoms with E-state index in [1.807, 2.05) is 0 Å². The van der Waals surface area contributed by atoms with Crippen LogP contribution >= 0.6 is 0 Å². The third kappa shape index (κ3) is 6.14. The van der Waals surface area contributed by atoms with E-state index >= 15 is 0 Å². The molecule has 0 bridgehead atoms. The third-order valence-electron chi connectivity index (χ3n) is 2.37. The summed E-state index contributed by atoms with van der Waals surface area (Å²) in [5.41, 5.74) is 8.18. The SMILES string of the molecule is CC(=O)NC(C=O)C(O)C(NC(C)=O)C(O)CN=[N+]=[N-]. The average molecular weight is 287 g/mol. The number of aliphatic hydroxyl groups excluding tert-OH is 2. The van der Waals surface area contributed by atoms with Crippen molar-refractivity contribution in [3.05, 3.63) is 10.4 Å². The zero-order chi connectivity index (χ0) is 15.7. The summed E-state index contributed by atoms with van der Waals surface area (Å²) in [6.07, 6.45) is -2.72. The molecule has 4 atom stereocenters. The monoisotopic (exact) mass is 287 g/mol. The van der Waals surface area contributed by atoms with Crippen LogP contribution in [0.3, 0.4) is 0 Å². The number of aliphatic hydroxyl groups is 2. The fraction of sp³-hybridized carbons (Fsp3) is 0.700. The van der Waals surface area contributed by atoms with Crippen LogP contribution in [-0.4, -0.2) is 59.1 Å². The van der Waals surface area contributed by atoms with Gasteiger partial charge < -0.3 is 25.6 Å². The quantitative estimate of drug-likeness (QED) is 0.179. The van der Waals surface area contributed by atoms with Crippen molar-refractivity contribution in [2.45, 2.75) is 38.1 Å². The molecule has 0 aromatic carbocycles. The van der Waals surface area contributed by atoms with Gasteiger partial charge in [0, 0.05) is 18.8 Å². The first kappa shape index (κ1) is 17.8. The molecule has 0 aliphatic rings. The van der Waals surface area contributed by atoms with E-state index < -0.39 is 42.7 Å². The summed E-state index contributed by atoms with van der Waals surface area (Å²) in [6, 6.07) is -2.59. The van der Waals surface area contributed by atoms with Crippen LogP contribution in [-0.2, 0) is 14.4 Å². The second-order valence-electron chi connectivity index (χ2n) is 4.06. The van der Waals surface area contributed by atoms with E-state index in [9.17, 15) is 24.6 Å². The van der Waals surface area contributed by atoms with Crippen LogP contribution in [0.5, 0.6) is 0 Å². The van der Waals surface area contributed by atoms with Crippen molar-refractivity contribution in [2.24, 2.45) is 5.11 Å². The van der Waals surface area contributed by atoms with E-state index in [2.05, 4.69) is 20.7 Å². The summed E-state index contributed by atoms with van der Waals surface area (Å²) < 4.78 is 0. The predicted octanol–water partition coefficient (Wildman–Crippen LogP) is -1.77. The Morgan fingerprint density at radius 1 is 1.30 bits per heavy atom. The van der Waals surface area contributed by atoms with Crippen molar-refractivity contribution in [3.63, 3.8) is 0 Å². The summed E-state index contributed by atoms with van der Waals surface area (Å²) in [6.45, 7) is 1.88. The minimum absolute atomic E-state index is 0.279. The van der Waals surface area contributed by atoms with Crippen molar-refractivity contribution < 1.29 is 24.6 Å². The fourth-order valence-electron chi connectivity index (χ4n) is 1.54. The molecular weight excluding hydrogens is 270 g/mol. The summed E-state index contributed by atoms with van der Waals surface area (Å²) in [4.78, 5) is 35.3. The van der Waals surface area contributed by atoms with E-state index in [0.717, 1.165) is 13.8 Å². The molecule has 4 N–H and O–H groups in total. The number of carbonyl (C=O) groups is 3. The van der Waals surface area contributed by atoms with Crippen molar-refractivity contribution in [1.29, 1.82) is 0 Å². The fourth-order valence-corrected chi connectivity index (χ4v) is 1.54. The van der Waals surface area contributed by atoms with Crippen molar-refractivity contribution in [1.82, 2.24) is 10.6 Å². The molecule has 0 fully saturated rings. The van der Waals surface area contributed by atoms with Gasteiger partial charge in [0.15, 0.2) is 0 Å². The van der Waals surface area contributed by atoms with E-state index in [0.29, 0.717) is 0 Å². The summed E-state index contributed by atoms with van der Waals surface area (Å²) in [5.74, 6) is -1.13. The summed E-state index contributed by atoms with van der Waals surface area (Å²) in [7, 11) is 0. The lowest BCUT2D eigenvalue weighted by Crippen LogP contribution is -2.59. The zero-order valence-electron chi connectivity index (χ0n) is 11.1. The Morgan fingerprint density at radius 3 is 2.25 bits per heavy atom. The van der Waals surface area contributed by atoms with Gasteiger partial charge >= 0.3 is 0 Å². The number of aldehydes is 1. The molecule has 0 aromatic rings. The second-order valence-corrected chi connectivity index (χ2v) is 4.06. The lowest BCUT2D eigenvalue weighted by molar-refractivity contribution is -0.126. The smallest absolute Gasteiger partial charge is 0.217 e. The molecule has 2 amide bonds. The van der Waals surface area contributed by atoms with Gasteiger partial charge in [0.2, 0.25) is 11.8 Å². The number of nitrogens with one attached hydrogen (secondary N) is 2. The maximum atomic E-state index is 11.1. The molecule has 0 radical (unpaired) electrons. The Hall–Kier alpha value is -2.16. The van der Waals surface area contributed by atoms with Gasteiger partial charge in [0.25, 0.3) is 0 Å². The normalized spacial score (nSPS) is 16.0. The molecule has 112 valence electrons. The van der Waals surface area contributed by atoms with Crippen molar-refractivity contribution >= 4 is 18.1 Å². The highest BCUT2D eigenvalue weighted by Crippen LogP contribution is 2.06. The van der Waals surface area contributed by atoms with Gasteiger partial charge in [-0.25, -0.2) is 0 Å². The van der Waals surface area contributed by atoms with Crippen LogP contribution < -0.4 is 10.6 Å². The molecule has 0 spiro atoms. The number of hydrogen-bond donors (Lipinski definition) is 4.